The summed E-state index contributed by atoms with van der Waals surface area (Å²) in [5, 5.41) is 13.4. The number of carbonyl (C=O) groups is 1. The second kappa shape index (κ2) is 7.84. The Labute approximate surface area is 144 Å². The normalized spacial score (nSPS) is 14.1. The van der Waals surface area contributed by atoms with E-state index in [1.165, 1.54) is 11.1 Å². The van der Waals surface area contributed by atoms with Crippen LogP contribution in [0.5, 0.6) is 0 Å². The largest absolute Gasteiger partial charge is 0.464 e. The highest BCUT2D eigenvalue weighted by atomic mass is 16.3. The highest BCUT2D eigenvalue weighted by Crippen LogP contribution is 2.29. The molecule has 4 heteroatoms. The van der Waals surface area contributed by atoms with E-state index in [1.807, 2.05) is 6.92 Å². The topological polar surface area (TPSA) is 62.5 Å². The fourth-order valence-corrected chi connectivity index (χ4v) is 3.19. The van der Waals surface area contributed by atoms with Crippen LogP contribution in [0.3, 0.4) is 0 Å². The average molecular weight is 331 g/mol. The predicted molar refractivity (Wildman–Crippen MR) is 97.2 cm³/mol. The summed E-state index contributed by atoms with van der Waals surface area (Å²) in [6.07, 6.45) is 2.35. The van der Waals surface area contributed by atoms with Crippen molar-refractivity contribution in [3.05, 3.63) is 35.1 Å². The van der Waals surface area contributed by atoms with Crippen molar-refractivity contribution in [1.82, 2.24) is 5.32 Å². The Bertz CT molecular complexity index is 700. The lowest BCUT2D eigenvalue weighted by atomic mass is 9.95. The molecule has 1 aromatic carbocycles. The van der Waals surface area contributed by atoms with E-state index in [9.17, 15) is 9.90 Å². The second-order valence-corrected chi connectivity index (χ2v) is 7.29. The van der Waals surface area contributed by atoms with Crippen molar-refractivity contribution in [1.29, 1.82) is 0 Å². The van der Waals surface area contributed by atoms with Crippen LogP contribution in [-0.2, 0) is 11.2 Å². The van der Waals surface area contributed by atoms with Gasteiger partial charge in [0, 0.05) is 17.5 Å². The second-order valence-electron chi connectivity index (χ2n) is 7.29. The standard InChI is InChI=1S/C20H29NO3/c1-12(2)17-9-18-16(11-24-19(18)7-14(17)4)8-20(23)21-10-13(3)6-15(5)22/h7,9,11-13,15,22H,6,8,10H2,1-5H3,(H,21,23). The number of amides is 1. The number of fused-ring (bicyclic) bond motifs is 1. The number of aliphatic hydroxyl groups is 1. The first-order chi connectivity index (χ1) is 11.3. The summed E-state index contributed by atoms with van der Waals surface area (Å²) in [7, 11) is 0. The zero-order valence-electron chi connectivity index (χ0n) is 15.3. The third-order valence-electron chi connectivity index (χ3n) is 4.41. The summed E-state index contributed by atoms with van der Waals surface area (Å²) in [6.45, 7) is 10.8. The van der Waals surface area contributed by atoms with Crippen LogP contribution in [0.1, 0.15) is 56.7 Å². The molecule has 1 amide bonds. The maximum absolute atomic E-state index is 12.2. The third kappa shape index (κ3) is 4.60. The molecule has 2 rings (SSSR count). The van der Waals surface area contributed by atoms with Crippen molar-refractivity contribution >= 4 is 16.9 Å². The Kier molecular flexibility index (Phi) is 6.05. The number of furan rings is 1. The SMILES string of the molecule is Cc1cc2occ(CC(=O)NCC(C)CC(C)O)c2cc1C(C)C. The molecule has 0 aliphatic carbocycles. The van der Waals surface area contributed by atoms with E-state index in [1.54, 1.807) is 13.2 Å². The molecule has 2 N–H and O–H groups in total. The first-order valence-corrected chi connectivity index (χ1v) is 8.73. The fraction of sp³-hybridized carbons (Fsp3) is 0.550. The van der Waals surface area contributed by atoms with Gasteiger partial charge >= 0.3 is 0 Å². The zero-order valence-corrected chi connectivity index (χ0v) is 15.3. The molecule has 0 bridgehead atoms. The van der Waals surface area contributed by atoms with Gasteiger partial charge in [0.25, 0.3) is 0 Å². The summed E-state index contributed by atoms with van der Waals surface area (Å²) in [4.78, 5) is 12.2. The van der Waals surface area contributed by atoms with Gasteiger partial charge in [-0.2, -0.15) is 0 Å². The molecule has 0 saturated heterocycles. The van der Waals surface area contributed by atoms with E-state index in [4.69, 9.17) is 4.42 Å². The monoisotopic (exact) mass is 331 g/mol. The lowest BCUT2D eigenvalue weighted by Gasteiger charge is -2.14. The van der Waals surface area contributed by atoms with Crippen molar-refractivity contribution < 1.29 is 14.3 Å². The molecule has 0 spiro atoms. The van der Waals surface area contributed by atoms with Gasteiger partial charge in [-0.25, -0.2) is 0 Å². The molecule has 2 unspecified atom stereocenters. The number of aryl methyl sites for hydroxylation is 1. The molecule has 0 aliphatic rings. The maximum atomic E-state index is 12.2. The number of hydrogen-bond donors (Lipinski definition) is 2. The minimum Gasteiger partial charge on any atom is -0.464 e. The molecule has 4 nitrogen and oxygen atoms in total. The van der Waals surface area contributed by atoms with Crippen LogP contribution in [0.2, 0.25) is 0 Å². The number of benzene rings is 1. The Balaban J connectivity index is 2.07. The number of nitrogens with one attached hydrogen (secondary N) is 1. The minimum absolute atomic E-state index is 0.0122. The first kappa shape index (κ1) is 18.5. The Hall–Kier alpha value is -1.81. The van der Waals surface area contributed by atoms with E-state index in [2.05, 4.69) is 38.2 Å². The van der Waals surface area contributed by atoms with E-state index in [0.29, 0.717) is 25.3 Å². The van der Waals surface area contributed by atoms with Crippen LogP contribution >= 0.6 is 0 Å². The van der Waals surface area contributed by atoms with Crippen molar-refractivity contribution in [2.75, 3.05) is 6.54 Å². The summed E-state index contributed by atoms with van der Waals surface area (Å²) in [5.74, 6) is 0.680. The predicted octanol–water partition coefficient (Wildman–Crippen LogP) is 3.93. The van der Waals surface area contributed by atoms with Crippen LogP contribution in [0.25, 0.3) is 11.0 Å². The van der Waals surface area contributed by atoms with Gasteiger partial charge in [0.2, 0.25) is 5.91 Å². The van der Waals surface area contributed by atoms with Gasteiger partial charge < -0.3 is 14.8 Å². The van der Waals surface area contributed by atoms with E-state index in [0.717, 1.165) is 16.5 Å². The molecule has 0 aliphatic heterocycles. The van der Waals surface area contributed by atoms with Crippen LogP contribution in [0, 0.1) is 12.8 Å². The molecule has 0 radical (unpaired) electrons. The average Bonchev–Trinajstić information content (AvgIpc) is 2.85. The van der Waals surface area contributed by atoms with Crippen LogP contribution in [0.4, 0.5) is 0 Å². The van der Waals surface area contributed by atoms with Crippen LogP contribution < -0.4 is 5.32 Å². The molecule has 132 valence electrons. The van der Waals surface area contributed by atoms with Crippen LogP contribution in [-0.4, -0.2) is 23.7 Å². The van der Waals surface area contributed by atoms with Gasteiger partial charge in [0.05, 0.1) is 18.8 Å². The van der Waals surface area contributed by atoms with Gasteiger partial charge in [0.1, 0.15) is 5.58 Å². The fourth-order valence-electron chi connectivity index (χ4n) is 3.19. The van der Waals surface area contributed by atoms with Gasteiger partial charge in [-0.05, 0) is 55.4 Å². The van der Waals surface area contributed by atoms with Crippen LogP contribution in [0.15, 0.2) is 22.8 Å². The Morgan fingerprint density at radius 1 is 1.25 bits per heavy atom. The maximum Gasteiger partial charge on any atom is 0.224 e. The van der Waals surface area contributed by atoms with E-state index >= 15 is 0 Å². The summed E-state index contributed by atoms with van der Waals surface area (Å²) >= 11 is 0. The molecule has 1 aromatic heterocycles. The molecular formula is C20H29NO3. The van der Waals surface area contributed by atoms with Crippen molar-refractivity contribution in [3.8, 4) is 0 Å². The molecule has 0 fully saturated rings. The lowest BCUT2D eigenvalue weighted by Crippen LogP contribution is -2.30. The van der Waals surface area contributed by atoms with Gasteiger partial charge in [-0.3, -0.25) is 4.79 Å². The van der Waals surface area contributed by atoms with Crippen molar-refractivity contribution in [3.63, 3.8) is 0 Å². The quantitative estimate of drug-likeness (QED) is 0.808. The molecule has 24 heavy (non-hydrogen) atoms. The molecular weight excluding hydrogens is 302 g/mol. The zero-order chi connectivity index (χ0) is 17.9. The van der Waals surface area contributed by atoms with E-state index in [-0.39, 0.29) is 17.9 Å². The summed E-state index contributed by atoms with van der Waals surface area (Å²) in [6, 6.07) is 4.20. The highest BCUT2D eigenvalue weighted by molar-refractivity contribution is 5.88. The highest BCUT2D eigenvalue weighted by Gasteiger charge is 2.14. The minimum atomic E-state index is -0.340. The van der Waals surface area contributed by atoms with Crippen molar-refractivity contribution in [2.24, 2.45) is 5.92 Å². The molecule has 2 atom stereocenters. The lowest BCUT2D eigenvalue weighted by molar-refractivity contribution is -0.120. The van der Waals surface area contributed by atoms with Gasteiger partial charge in [-0.15, -0.1) is 0 Å². The number of carbonyl (C=O) groups excluding carboxylic acids is 1. The molecule has 0 saturated carbocycles. The first-order valence-electron chi connectivity index (χ1n) is 8.73. The smallest absolute Gasteiger partial charge is 0.224 e. The van der Waals surface area contributed by atoms with Gasteiger partial charge in [-0.1, -0.05) is 20.8 Å². The number of rotatable bonds is 7. The summed E-state index contributed by atoms with van der Waals surface area (Å²) in [5.41, 5.74) is 4.26. The Morgan fingerprint density at radius 2 is 1.96 bits per heavy atom. The third-order valence-corrected chi connectivity index (χ3v) is 4.41. The molecule has 2 aromatic rings. The number of hydrogen-bond acceptors (Lipinski definition) is 3. The van der Waals surface area contributed by atoms with E-state index < -0.39 is 0 Å². The Morgan fingerprint density at radius 3 is 2.58 bits per heavy atom. The van der Waals surface area contributed by atoms with Gasteiger partial charge in [0.15, 0.2) is 0 Å². The van der Waals surface area contributed by atoms with Crippen molar-refractivity contribution in [2.45, 2.75) is 59.5 Å². The number of aliphatic hydroxyl groups excluding tert-OH is 1. The summed E-state index contributed by atoms with van der Waals surface area (Å²) < 4.78 is 5.63. The molecule has 1 heterocycles.